The smallest absolute Gasteiger partial charge is 0.0667 e. The minimum Gasteiger partial charge on any atom is -0.119 e. The predicted molar refractivity (Wildman–Crippen MR) is 40.7 cm³/mol. The van der Waals surface area contributed by atoms with Crippen LogP contribution in [0.25, 0.3) is 0 Å². The van der Waals surface area contributed by atoms with Crippen LogP contribution in [0.5, 0.6) is 0 Å². The van der Waals surface area contributed by atoms with Crippen molar-refractivity contribution in [2.45, 2.75) is 19.1 Å². The Morgan fingerprint density at radius 3 is 2.75 bits per heavy atom. The van der Waals surface area contributed by atoms with Gasteiger partial charge in [-0.05, 0) is 19.3 Å². The SMILES string of the molecule is C#CC(C)SC=CC. The van der Waals surface area contributed by atoms with Crippen molar-refractivity contribution in [1.29, 1.82) is 0 Å². The first-order valence-corrected chi connectivity index (χ1v) is 3.48. The minimum absolute atomic E-state index is 0.311. The zero-order valence-electron chi connectivity index (χ0n) is 5.22. The molecule has 1 heteroatoms. The van der Waals surface area contributed by atoms with Crippen molar-refractivity contribution in [1.82, 2.24) is 0 Å². The highest BCUT2D eigenvalue weighted by Gasteiger charge is 1.88. The van der Waals surface area contributed by atoms with Crippen LogP contribution in [0.3, 0.4) is 0 Å². The molecule has 0 aliphatic rings. The lowest BCUT2D eigenvalue weighted by molar-refractivity contribution is 1.31. The van der Waals surface area contributed by atoms with Gasteiger partial charge in [0.05, 0.1) is 5.25 Å². The van der Waals surface area contributed by atoms with Crippen molar-refractivity contribution >= 4 is 11.8 Å². The molecule has 44 valence electrons. The summed E-state index contributed by atoms with van der Waals surface area (Å²) in [7, 11) is 0. The van der Waals surface area contributed by atoms with Gasteiger partial charge in [-0.25, -0.2) is 0 Å². The summed E-state index contributed by atoms with van der Waals surface area (Å²) in [4.78, 5) is 0. The molecule has 0 aromatic heterocycles. The number of thioether (sulfide) groups is 1. The van der Waals surface area contributed by atoms with Gasteiger partial charge in [-0.3, -0.25) is 0 Å². The summed E-state index contributed by atoms with van der Waals surface area (Å²) in [5.41, 5.74) is 0. The normalized spacial score (nSPS) is 13.6. The van der Waals surface area contributed by atoms with E-state index < -0.39 is 0 Å². The highest BCUT2D eigenvalue weighted by atomic mass is 32.2. The van der Waals surface area contributed by atoms with Gasteiger partial charge in [0.1, 0.15) is 0 Å². The highest BCUT2D eigenvalue weighted by molar-refractivity contribution is 8.02. The molecule has 0 fully saturated rings. The van der Waals surface area contributed by atoms with Crippen molar-refractivity contribution in [2.75, 3.05) is 0 Å². The van der Waals surface area contributed by atoms with Crippen LogP contribution in [0.1, 0.15) is 13.8 Å². The first-order chi connectivity index (χ1) is 3.81. The molecule has 8 heavy (non-hydrogen) atoms. The predicted octanol–water partition coefficient (Wildman–Crippen LogP) is 2.27. The Bertz CT molecular complexity index is 108. The monoisotopic (exact) mass is 126 g/mol. The van der Waals surface area contributed by atoms with Crippen LogP contribution in [0.15, 0.2) is 11.5 Å². The molecule has 0 aliphatic carbocycles. The summed E-state index contributed by atoms with van der Waals surface area (Å²) in [6.07, 6.45) is 7.09. The molecule has 1 unspecified atom stereocenters. The van der Waals surface area contributed by atoms with E-state index in [0.717, 1.165) is 0 Å². The molecule has 0 spiro atoms. The Kier molecular flexibility index (Phi) is 4.59. The molecular formula is C7H10S. The molecule has 0 amide bonds. The largest absolute Gasteiger partial charge is 0.119 e. The van der Waals surface area contributed by atoms with E-state index in [2.05, 4.69) is 5.92 Å². The van der Waals surface area contributed by atoms with Crippen molar-refractivity contribution in [3.05, 3.63) is 11.5 Å². The summed E-state index contributed by atoms with van der Waals surface area (Å²) >= 11 is 1.66. The molecule has 0 saturated carbocycles. The van der Waals surface area contributed by atoms with Gasteiger partial charge in [0, 0.05) is 0 Å². The summed E-state index contributed by atoms with van der Waals surface area (Å²) in [6.45, 7) is 3.99. The Labute approximate surface area is 55.4 Å². The van der Waals surface area contributed by atoms with Crippen LogP contribution in [0.4, 0.5) is 0 Å². The molecule has 0 aliphatic heterocycles. The van der Waals surface area contributed by atoms with Gasteiger partial charge < -0.3 is 0 Å². The molecule has 1 atom stereocenters. The van der Waals surface area contributed by atoms with Crippen LogP contribution in [0.2, 0.25) is 0 Å². The maximum Gasteiger partial charge on any atom is 0.0667 e. The molecule has 0 heterocycles. The second kappa shape index (κ2) is 4.80. The highest BCUT2D eigenvalue weighted by Crippen LogP contribution is 2.09. The van der Waals surface area contributed by atoms with E-state index in [0.29, 0.717) is 5.25 Å². The van der Waals surface area contributed by atoms with Crippen LogP contribution in [-0.2, 0) is 0 Å². The van der Waals surface area contributed by atoms with Crippen molar-refractivity contribution in [3.63, 3.8) is 0 Å². The fraction of sp³-hybridized carbons (Fsp3) is 0.429. The summed E-state index contributed by atoms with van der Waals surface area (Å²) < 4.78 is 0. The number of terminal acetylenes is 1. The third kappa shape index (κ3) is 3.83. The number of hydrogen-bond acceptors (Lipinski definition) is 1. The van der Waals surface area contributed by atoms with Crippen LogP contribution >= 0.6 is 11.8 Å². The lowest BCUT2D eigenvalue weighted by Crippen LogP contribution is -1.84. The van der Waals surface area contributed by atoms with E-state index >= 15 is 0 Å². The second-order valence-electron chi connectivity index (χ2n) is 1.41. The topological polar surface area (TPSA) is 0 Å². The molecule has 0 saturated heterocycles. The molecule has 0 bridgehead atoms. The Morgan fingerprint density at radius 1 is 1.75 bits per heavy atom. The van der Waals surface area contributed by atoms with E-state index in [1.807, 2.05) is 25.3 Å². The number of hydrogen-bond donors (Lipinski definition) is 0. The van der Waals surface area contributed by atoms with E-state index in [-0.39, 0.29) is 0 Å². The Hall–Kier alpha value is -0.350. The van der Waals surface area contributed by atoms with Gasteiger partial charge in [0.2, 0.25) is 0 Å². The van der Waals surface area contributed by atoms with Crippen LogP contribution in [0, 0.1) is 12.3 Å². The quantitative estimate of drug-likeness (QED) is 0.511. The van der Waals surface area contributed by atoms with Gasteiger partial charge >= 0.3 is 0 Å². The van der Waals surface area contributed by atoms with E-state index in [9.17, 15) is 0 Å². The molecule has 0 aromatic rings. The van der Waals surface area contributed by atoms with Gasteiger partial charge in [0.15, 0.2) is 0 Å². The van der Waals surface area contributed by atoms with E-state index in [1.54, 1.807) is 11.8 Å². The zero-order chi connectivity index (χ0) is 6.41. The number of rotatable bonds is 2. The average Bonchev–Trinajstić information content (AvgIpc) is 1.83. The maximum atomic E-state index is 5.11. The average molecular weight is 126 g/mol. The first-order valence-electron chi connectivity index (χ1n) is 2.54. The Morgan fingerprint density at radius 2 is 2.38 bits per heavy atom. The molecular weight excluding hydrogens is 116 g/mol. The molecule has 0 nitrogen and oxygen atoms in total. The molecule has 0 N–H and O–H groups in total. The zero-order valence-corrected chi connectivity index (χ0v) is 6.03. The summed E-state index contributed by atoms with van der Waals surface area (Å²) in [5, 5.41) is 2.32. The molecule has 0 rings (SSSR count). The Balaban J connectivity index is 3.28. The van der Waals surface area contributed by atoms with Gasteiger partial charge in [-0.15, -0.1) is 18.2 Å². The maximum absolute atomic E-state index is 5.11. The number of allylic oxidation sites excluding steroid dienone is 1. The summed E-state index contributed by atoms with van der Waals surface area (Å²) in [5.74, 6) is 2.61. The van der Waals surface area contributed by atoms with Crippen molar-refractivity contribution in [2.24, 2.45) is 0 Å². The molecule has 0 radical (unpaired) electrons. The lowest BCUT2D eigenvalue weighted by Gasteiger charge is -1.93. The third-order valence-electron chi connectivity index (χ3n) is 0.653. The third-order valence-corrected chi connectivity index (χ3v) is 1.63. The van der Waals surface area contributed by atoms with Gasteiger partial charge in [0.25, 0.3) is 0 Å². The minimum atomic E-state index is 0.311. The fourth-order valence-electron chi connectivity index (χ4n) is 0.236. The van der Waals surface area contributed by atoms with Crippen molar-refractivity contribution < 1.29 is 0 Å². The first kappa shape index (κ1) is 7.65. The standard InChI is InChI=1S/C7H10S/c1-4-6-8-7(3)5-2/h2,4,6-7H,1,3H3. The van der Waals surface area contributed by atoms with E-state index in [4.69, 9.17) is 6.42 Å². The fourth-order valence-corrected chi connectivity index (χ4v) is 0.707. The van der Waals surface area contributed by atoms with Gasteiger partial charge in [-0.2, -0.15) is 0 Å². The second-order valence-corrected chi connectivity index (χ2v) is 2.67. The summed E-state index contributed by atoms with van der Waals surface area (Å²) in [6, 6.07) is 0. The van der Waals surface area contributed by atoms with Gasteiger partial charge in [-0.1, -0.05) is 12.0 Å². The van der Waals surface area contributed by atoms with Crippen LogP contribution in [-0.4, -0.2) is 5.25 Å². The lowest BCUT2D eigenvalue weighted by atomic mass is 10.5. The van der Waals surface area contributed by atoms with E-state index in [1.165, 1.54) is 0 Å². The van der Waals surface area contributed by atoms with Crippen LogP contribution < -0.4 is 0 Å². The van der Waals surface area contributed by atoms with Crippen molar-refractivity contribution in [3.8, 4) is 12.3 Å². The molecule has 0 aromatic carbocycles.